The number of amides is 1. The summed E-state index contributed by atoms with van der Waals surface area (Å²) in [4.78, 5) is 33.8. The lowest BCUT2D eigenvalue weighted by atomic mass is 10.2. The minimum absolute atomic E-state index is 0.00758. The molecule has 0 atom stereocenters. The van der Waals surface area contributed by atoms with Crippen LogP contribution in [0.25, 0.3) is 17.2 Å². The van der Waals surface area contributed by atoms with E-state index in [0.717, 1.165) is 16.8 Å². The molecule has 0 unspecified atom stereocenters. The van der Waals surface area contributed by atoms with Gasteiger partial charge in [-0.1, -0.05) is 17.7 Å². The summed E-state index contributed by atoms with van der Waals surface area (Å²) in [6.07, 6.45) is 1.69. The zero-order valence-corrected chi connectivity index (χ0v) is 16.4. The van der Waals surface area contributed by atoms with Crippen molar-refractivity contribution in [2.45, 2.75) is 27.3 Å². The predicted molar refractivity (Wildman–Crippen MR) is 110 cm³/mol. The van der Waals surface area contributed by atoms with Gasteiger partial charge in [-0.05, 0) is 45.0 Å². The Balaban J connectivity index is 1.72. The number of pyridine rings is 1. The highest BCUT2D eigenvalue weighted by Gasteiger charge is 2.16. The second kappa shape index (κ2) is 7.31. The highest BCUT2D eigenvalue weighted by molar-refractivity contribution is 5.90. The van der Waals surface area contributed by atoms with Crippen molar-refractivity contribution in [1.82, 2.24) is 24.1 Å². The first-order chi connectivity index (χ1) is 13.9. The van der Waals surface area contributed by atoms with Gasteiger partial charge in [0.25, 0.3) is 5.56 Å². The molecule has 0 saturated heterocycles. The fourth-order valence-electron chi connectivity index (χ4n) is 3.11. The highest BCUT2D eigenvalue weighted by Crippen LogP contribution is 2.18. The first-order valence-corrected chi connectivity index (χ1v) is 9.18. The fourth-order valence-corrected chi connectivity index (χ4v) is 3.11. The molecule has 4 rings (SSSR count). The van der Waals surface area contributed by atoms with Crippen molar-refractivity contribution in [3.63, 3.8) is 0 Å². The van der Waals surface area contributed by atoms with Gasteiger partial charge >= 0.3 is 0 Å². The van der Waals surface area contributed by atoms with Crippen LogP contribution in [0, 0.1) is 20.8 Å². The van der Waals surface area contributed by atoms with Crippen LogP contribution in [0.4, 0.5) is 5.69 Å². The van der Waals surface area contributed by atoms with Gasteiger partial charge in [0.1, 0.15) is 6.54 Å². The third kappa shape index (κ3) is 3.64. The summed E-state index contributed by atoms with van der Waals surface area (Å²) in [6.45, 7) is 5.62. The number of benzene rings is 1. The van der Waals surface area contributed by atoms with Gasteiger partial charge in [-0.15, -0.1) is 5.10 Å². The van der Waals surface area contributed by atoms with E-state index in [1.807, 2.05) is 44.2 Å². The second-order valence-corrected chi connectivity index (χ2v) is 6.91. The lowest BCUT2D eigenvalue weighted by Gasteiger charge is -2.11. The zero-order chi connectivity index (χ0) is 20.5. The van der Waals surface area contributed by atoms with Gasteiger partial charge in [0.15, 0.2) is 5.82 Å². The highest BCUT2D eigenvalue weighted by atomic mass is 16.2. The van der Waals surface area contributed by atoms with Crippen molar-refractivity contribution < 1.29 is 4.79 Å². The molecule has 0 aliphatic rings. The molecule has 1 aromatic carbocycles. The van der Waals surface area contributed by atoms with Gasteiger partial charge in [0, 0.05) is 34.9 Å². The number of carbonyl (C=O) groups is 1. The van der Waals surface area contributed by atoms with E-state index in [1.165, 1.54) is 10.6 Å². The Bertz CT molecular complexity index is 1270. The third-order valence-corrected chi connectivity index (χ3v) is 4.68. The van der Waals surface area contributed by atoms with Crippen LogP contribution < -0.4 is 10.9 Å². The molecule has 0 bridgehead atoms. The van der Waals surface area contributed by atoms with E-state index >= 15 is 0 Å². The molecule has 0 spiro atoms. The number of fused-ring (bicyclic) bond motifs is 1. The lowest BCUT2D eigenvalue weighted by Crippen LogP contribution is -2.25. The molecule has 0 saturated carbocycles. The fraction of sp³-hybridized carbons (Fsp3) is 0.190. The summed E-state index contributed by atoms with van der Waals surface area (Å²) >= 11 is 0. The SMILES string of the molecule is Cc1ccc(NC(=O)Cn2c(C)cc(=O)n3nc(-c4cccnc4C)nc23)cc1. The molecular formula is C21H20N6O2. The maximum atomic E-state index is 12.6. The van der Waals surface area contributed by atoms with Crippen LogP contribution in [0.5, 0.6) is 0 Å². The monoisotopic (exact) mass is 388 g/mol. The van der Waals surface area contributed by atoms with Crippen LogP contribution in [0.15, 0.2) is 53.5 Å². The van der Waals surface area contributed by atoms with E-state index < -0.39 is 0 Å². The Kier molecular flexibility index (Phi) is 4.67. The molecule has 0 aliphatic heterocycles. The number of aryl methyl sites for hydroxylation is 3. The lowest BCUT2D eigenvalue weighted by molar-refractivity contribution is -0.116. The third-order valence-electron chi connectivity index (χ3n) is 4.68. The van der Waals surface area contributed by atoms with Crippen molar-refractivity contribution in [3.8, 4) is 11.4 Å². The summed E-state index contributed by atoms with van der Waals surface area (Å²) in [7, 11) is 0. The van der Waals surface area contributed by atoms with Crippen molar-refractivity contribution in [2.24, 2.45) is 0 Å². The van der Waals surface area contributed by atoms with Crippen LogP contribution in [-0.4, -0.2) is 30.1 Å². The molecule has 8 nitrogen and oxygen atoms in total. The smallest absolute Gasteiger partial charge is 0.275 e. The maximum absolute atomic E-state index is 12.6. The average molecular weight is 388 g/mol. The first kappa shape index (κ1) is 18.5. The van der Waals surface area contributed by atoms with Crippen LogP contribution in [-0.2, 0) is 11.3 Å². The number of anilines is 1. The molecule has 8 heteroatoms. The van der Waals surface area contributed by atoms with E-state index in [-0.39, 0.29) is 18.0 Å². The van der Waals surface area contributed by atoms with E-state index in [1.54, 1.807) is 23.8 Å². The van der Waals surface area contributed by atoms with Gasteiger partial charge in [0.05, 0.1) is 0 Å². The molecule has 3 heterocycles. The van der Waals surface area contributed by atoms with Crippen molar-refractivity contribution in [1.29, 1.82) is 0 Å². The molecule has 0 fully saturated rings. The minimum atomic E-state index is -0.298. The number of carbonyl (C=O) groups excluding carboxylic acids is 1. The van der Waals surface area contributed by atoms with Gasteiger partial charge in [-0.25, -0.2) is 0 Å². The molecule has 29 heavy (non-hydrogen) atoms. The molecule has 4 aromatic rings. The topological polar surface area (TPSA) is 94.2 Å². The molecule has 0 radical (unpaired) electrons. The van der Waals surface area contributed by atoms with Crippen LogP contribution in [0.2, 0.25) is 0 Å². The van der Waals surface area contributed by atoms with E-state index in [0.29, 0.717) is 23.0 Å². The van der Waals surface area contributed by atoms with Crippen molar-refractivity contribution >= 4 is 17.4 Å². The standard InChI is InChI=1S/C21H20N6O2/c1-13-6-8-16(9-7-13)23-18(28)12-26-14(2)11-19(29)27-21(26)24-20(25-27)17-5-4-10-22-15(17)3/h4-11H,12H2,1-3H3,(H,23,28). The summed E-state index contributed by atoms with van der Waals surface area (Å²) in [5.41, 5.74) is 3.66. The van der Waals surface area contributed by atoms with Crippen LogP contribution >= 0.6 is 0 Å². The second-order valence-electron chi connectivity index (χ2n) is 6.91. The number of nitrogens with one attached hydrogen (secondary N) is 1. The zero-order valence-electron chi connectivity index (χ0n) is 16.4. The molecule has 1 amide bonds. The number of hydrogen-bond acceptors (Lipinski definition) is 5. The Morgan fingerprint density at radius 1 is 1.10 bits per heavy atom. The predicted octanol–water partition coefficient (Wildman–Crippen LogP) is 2.52. The van der Waals surface area contributed by atoms with Crippen LogP contribution in [0.1, 0.15) is 17.0 Å². The number of nitrogens with zero attached hydrogens (tertiary/aromatic N) is 5. The minimum Gasteiger partial charge on any atom is -0.325 e. The normalized spacial score (nSPS) is 11.0. The molecule has 3 aromatic heterocycles. The van der Waals surface area contributed by atoms with Crippen molar-refractivity contribution in [2.75, 3.05) is 5.32 Å². The van der Waals surface area contributed by atoms with E-state index in [2.05, 4.69) is 20.4 Å². The van der Waals surface area contributed by atoms with E-state index in [9.17, 15) is 9.59 Å². The van der Waals surface area contributed by atoms with Gasteiger partial charge in [-0.3, -0.25) is 14.6 Å². The summed E-state index contributed by atoms with van der Waals surface area (Å²) in [5.74, 6) is 0.489. The molecule has 146 valence electrons. The number of hydrogen-bond donors (Lipinski definition) is 1. The van der Waals surface area contributed by atoms with Gasteiger partial charge in [0.2, 0.25) is 11.7 Å². The number of aromatic nitrogens is 5. The van der Waals surface area contributed by atoms with Gasteiger partial charge < -0.3 is 9.88 Å². The largest absolute Gasteiger partial charge is 0.325 e. The Morgan fingerprint density at radius 3 is 2.59 bits per heavy atom. The molecule has 1 N–H and O–H groups in total. The Hall–Kier alpha value is -3.81. The first-order valence-electron chi connectivity index (χ1n) is 9.18. The van der Waals surface area contributed by atoms with Crippen LogP contribution in [0.3, 0.4) is 0 Å². The van der Waals surface area contributed by atoms with E-state index in [4.69, 9.17) is 0 Å². The molecule has 0 aliphatic carbocycles. The molecular weight excluding hydrogens is 368 g/mol. The average Bonchev–Trinajstić information content (AvgIpc) is 3.13. The summed E-state index contributed by atoms with van der Waals surface area (Å²) < 4.78 is 2.89. The maximum Gasteiger partial charge on any atom is 0.275 e. The van der Waals surface area contributed by atoms with Gasteiger partial charge in [-0.2, -0.15) is 9.50 Å². The Labute approximate surface area is 166 Å². The summed E-state index contributed by atoms with van der Waals surface area (Å²) in [5, 5.41) is 7.21. The van der Waals surface area contributed by atoms with Crippen molar-refractivity contribution in [3.05, 3.63) is 76.0 Å². The quantitative estimate of drug-likeness (QED) is 0.580. The Morgan fingerprint density at radius 2 is 1.86 bits per heavy atom. The number of rotatable bonds is 4. The summed E-state index contributed by atoms with van der Waals surface area (Å²) in [6, 6.07) is 12.6.